The number of hydrogen-bond donors (Lipinski definition) is 1. The molecule has 0 aliphatic heterocycles. The quantitative estimate of drug-likeness (QED) is 0.399. The van der Waals surface area contributed by atoms with Crippen molar-refractivity contribution in [3.8, 4) is 0 Å². The Morgan fingerprint density at radius 1 is 1.31 bits per heavy atom. The summed E-state index contributed by atoms with van der Waals surface area (Å²) >= 11 is 0. The van der Waals surface area contributed by atoms with Crippen molar-refractivity contribution < 1.29 is 0 Å². The van der Waals surface area contributed by atoms with Crippen molar-refractivity contribution in [2.75, 3.05) is 13.6 Å². The molecular weight excluding hydrogens is 439 g/mol. The third-order valence-corrected chi connectivity index (χ3v) is 4.90. The summed E-state index contributed by atoms with van der Waals surface area (Å²) in [5.74, 6) is 0.916. The SMILES string of the molecule is CCNC(=NCc1ccn(C2CCCC2)n1)N(C)Cc1cccn1C.I. The number of guanidine groups is 1. The van der Waals surface area contributed by atoms with Crippen LogP contribution in [0.15, 0.2) is 35.6 Å². The number of halogens is 1. The smallest absolute Gasteiger partial charge is 0.194 e. The molecule has 2 heterocycles. The summed E-state index contributed by atoms with van der Waals surface area (Å²) in [5.41, 5.74) is 2.30. The minimum Gasteiger partial charge on any atom is -0.357 e. The molecule has 0 saturated heterocycles. The van der Waals surface area contributed by atoms with E-state index in [1.807, 2.05) is 0 Å². The second-order valence-electron chi connectivity index (χ2n) is 6.86. The number of rotatable bonds is 6. The average Bonchev–Trinajstić information content (AvgIpc) is 3.33. The lowest BCUT2D eigenvalue weighted by molar-refractivity contribution is 0.457. The molecule has 1 aliphatic rings. The van der Waals surface area contributed by atoms with Crippen LogP contribution in [-0.2, 0) is 20.1 Å². The fourth-order valence-electron chi connectivity index (χ4n) is 3.44. The number of aromatic nitrogens is 3. The molecule has 0 amide bonds. The zero-order chi connectivity index (χ0) is 17.6. The van der Waals surface area contributed by atoms with Crippen molar-refractivity contribution in [1.82, 2.24) is 24.6 Å². The van der Waals surface area contributed by atoms with Crippen LogP contribution in [0, 0.1) is 0 Å². The van der Waals surface area contributed by atoms with Crippen LogP contribution in [0.25, 0.3) is 0 Å². The van der Waals surface area contributed by atoms with Gasteiger partial charge in [-0.15, -0.1) is 24.0 Å². The van der Waals surface area contributed by atoms with Gasteiger partial charge in [0, 0.05) is 38.7 Å². The molecule has 1 saturated carbocycles. The Kier molecular flexibility index (Phi) is 7.99. The van der Waals surface area contributed by atoms with E-state index in [0.29, 0.717) is 12.6 Å². The van der Waals surface area contributed by atoms with Gasteiger partial charge >= 0.3 is 0 Å². The summed E-state index contributed by atoms with van der Waals surface area (Å²) in [6.07, 6.45) is 9.35. The standard InChI is InChI=1S/C19H30N6.HI/c1-4-20-19(24(3)15-18-10-7-12-23(18)2)21-14-16-11-13-25(22-16)17-8-5-6-9-17;/h7,10-13,17H,4-6,8-9,14-15H2,1-3H3,(H,20,21);1H. The van der Waals surface area contributed by atoms with E-state index in [4.69, 9.17) is 10.1 Å². The van der Waals surface area contributed by atoms with Crippen molar-refractivity contribution in [1.29, 1.82) is 0 Å². The molecular formula is C19H31IN6. The number of nitrogens with one attached hydrogen (secondary N) is 1. The minimum atomic E-state index is 0. The molecule has 6 nitrogen and oxygen atoms in total. The van der Waals surface area contributed by atoms with Gasteiger partial charge in [-0.1, -0.05) is 12.8 Å². The first-order valence-corrected chi connectivity index (χ1v) is 9.31. The van der Waals surface area contributed by atoms with Gasteiger partial charge in [0.15, 0.2) is 5.96 Å². The van der Waals surface area contributed by atoms with E-state index in [1.165, 1.54) is 31.4 Å². The molecule has 3 rings (SSSR count). The summed E-state index contributed by atoms with van der Waals surface area (Å²) < 4.78 is 4.28. The molecule has 2 aromatic heterocycles. The molecule has 0 aromatic carbocycles. The van der Waals surface area contributed by atoms with Gasteiger partial charge in [0.1, 0.15) is 0 Å². The lowest BCUT2D eigenvalue weighted by atomic mass is 10.3. The van der Waals surface area contributed by atoms with Crippen molar-refractivity contribution in [2.24, 2.45) is 12.0 Å². The molecule has 0 unspecified atom stereocenters. The first-order valence-electron chi connectivity index (χ1n) is 9.31. The Balaban J connectivity index is 0.00000243. The highest BCUT2D eigenvalue weighted by atomic mass is 127. The largest absolute Gasteiger partial charge is 0.357 e. The third-order valence-electron chi connectivity index (χ3n) is 4.90. The molecule has 1 fully saturated rings. The minimum absolute atomic E-state index is 0. The summed E-state index contributed by atoms with van der Waals surface area (Å²) in [6, 6.07) is 6.90. The molecule has 144 valence electrons. The zero-order valence-corrected chi connectivity index (χ0v) is 18.4. The Bertz CT molecular complexity index is 698. The Morgan fingerprint density at radius 3 is 2.73 bits per heavy atom. The number of nitrogens with zero attached hydrogens (tertiary/aromatic N) is 5. The normalized spacial score (nSPS) is 15.1. The molecule has 7 heteroatoms. The maximum atomic E-state index is 4.78. The molecule has 1 N–H and O–H groups in total. The summed E-state index contributed by atoms with van der Waals surface area (Å²) in [4.78, 5) is 6.94. The van der Waals surface area contributed by atoms with Gasteiger partial charge < -0.3 is 14.8 Å². The molecule has 2 aromatic rings. The highest BCUT2D eigenvalue weighted by Gasteiger charge is 2.17. The fourth-order valence-corrected chi connectivity index (χ4v) is 3.44. The second kappa shape index (κ2) is 9.99. The first-order chi connectivity index (χ1) is 12.2. The van der Waals surface area contributed by atoms with Gasteiger partial charge in [0.05, 0.1) is 24.8 Å². The summed E-state index contributed by atoms with van der Waals surface area (Å²) in [7, 11) is 4.15. The number of aliphatic imine (C=N–C) groups is 1. The van der Waals surface area contributed by atoms with Crippen molar-refractivity contribution >= 4 is 29.9 Å². The van der Waals surface area contributed by atoms with E-state index >= 15 is 0 Å². The van der Waals surface area contributed by atoms with E-state index in [0.717, 1.165) is 24.7 Å². The lowest BCUT2D eigenvalue weighted by Gasteiger charge is -2.22. The fraction of sp³-hybridized carbons (Fsp3) is 0.579. The molecule has 0 bridgehead atoms. The van der Waals surface area contributed by atoms with Gasteiger partial charge in [-0.2, -0.15) is 5.10 Å². The van der Waals surface area contributed by atoms with Crippen LogP contribution in [-0.4, -0.2) is 38.8 Å². The summed E-state index contributed by atoms with van der Waals surface area (Å²) in [6.45, 7) is 4.39. The Morgan fingerprint density at radius 2 is 2.08 bits per heavy atom. The van der Waals surface area contributed by atoms with E-state index < -0.39 is 0 Å². The molecule has 0 atom stereocenters. The van der Waals surface area contributed by atoms with Crippen LogP contribution in [0.2, 0.25) is 0 Å². The van der Waals surface area contributed by atoms with Crippen LogP contribution < -0.4 is 5.32 Å². The highest BCUT2D eigenvalue weighted by molar-refractivity contribution is 14.0. The number of hydrogen-bond acceptors (Lipinski definition) is 2. The third kappa shape index (κ3) is 5.25. The molecule has 0 radical (unpaired) electrons. The predicted molar refractivity (Wildman–Crippen MR) is 117 cm³/mol. The molecule has 26 heavy (non-hydrogen) atoms. The van der Waals surface area contributed by atoms with Crippen molar-refractivity contribution in [3.05, 3.63) is 42.0 Å². The van der Waals surface area contributed by atoms with Gasteiger partial charge in [0.2, 0.25) is 0 Å². The lowest BCUT2D eigenvalue weighted by Crippen LogP contribution is -2.38. The van der Waals surface area contributed by atoms with Gasteiger partial charge in [-0.3, -0.25) is 4.68 Å². The van der Waals surface area contributed by atoms with Crippen LogP contribution in [0.5, 0.6) is 0 Å². The second-order valence-corrected chi connectivity index (χ2v) is 6.86. The van der Waals surface area contributed by atoms with Crippen molar-refractivity contribution in [3.63, 3.8) is 0 Å². The van der Waals surface area contributed by atoms with E-state index in [-0.39, 0.29) is 24.0 Å². The summed E-state index contributed by atoms with van der Waals surface area (Å²) in [5, 5.41) is 8.11. The molecule has 1 aliphatic carbocycles. The zero-order valence-electron chi connectivity index (χ0n) is 16.1. The van der Waals surface area contributed by atoms with E-state index in [9.17, 15) is 0 Å². The van der Waals surface area contributed by atoms with Crippen molar-refractivity contribution in [2.45, 2.75) is 51.7 Å². The van der Waals surface area contributed by atoms with Gasteiger partial charge in [-0.25, -0.2) is 4.99 Å². The molecule has 0 spiro atoms. The van der Waals surface area contributed by atoms with Crippen LogP contribution in [0.1, 0.15) is 50.0 Å². The monoisotopic (exact) mass is 470 g/mol. The van der Waals surface area contributed by atoms with E-state index in [1.54, 1.807) is 0 Å². The van der Waals surface area contributed by atoms with Gasteiger partial charge in [-0.05, 0) is 38.0 Å². The number of aryl methyl sites for hydroxylation is 1. The topological polar surface area (TPSA) is 50.4 Å². The first kappa shape index (κ1) is 20.8. The maximum Gasteiger partial charge on any atom is 0.194 e. The Labute approximate surface area is 173 Å². The highest BCUT2D eigenvalue weighted by Crippen LogP contribution is 2.28. The average molecular weight is 470 g/mol. The van der Waals surface area contributed by atoms with Crippen LogP contribution in [0.4, 0.5) is 0 Å². The van der Waals surface area contributed by atoms with Crippen LogP contribution in [0.3, 0.4) is 0 Å². The predicted octanol–water partition coefficient (Wildman–Crippen LogP) is 3.55. The van der Waals surface area contributed by atoms with E-state index in [2.05, 4.69) is 71.1 Å². The van der Waals surface area contributed by atoms with Gasteiger partial charge in [0.25, 0.3) is 0 Å². The van der Waals surface area contributed by atoms with Crippen LogP contribution >= 0.6 is 24.0 Å². The maximum absolute atomic E-state index is 4.78. The Hall–Kier alpha value is -1.51.